The van der Waals surface area contributed by atoms with Crippen molar-refractivity contribution in [2.75, 3.05) is 19.8 Å². The number of hydrogen-bond acceptors (Lipinski definition) is 3. The molecule has 1 aromatic carbocycles. The maximum Gasteiger partial charge on any atom is 0.419 e. The van der Waals surface area contributed by atoms with Gasteiger partial charge < -0.3 is 9.47 Å². The van der Waals surface area contributed by atoms with Gasteiger partial charge in [-0.25, -0.2) is 9.18 Å². The maximum absolute atomic E-state index is 13.1. The van der Waals surface area contributed by atoms with E-state index < -0.39 is 23.5 Å². The van der Waals surface area contributed by atoms with E-state index in [0.29, 0.717) is 25.3 Å². The van der Waals surface area contributed by atoms with Crippen LogP contribution in [0.15, 0.2) is 18.2 Å². The first-order valence-electron chi connectivity index (χ1n) is 6.49. The lowest BCUT2D eigenvalue weighted by atomic mass is 10.0. The van der Waals surface area contributed by atoms with Crippen molar-refractivity contribution in [2.24, 2.45) is 5.92 Å². The van der Waals surface area contributed by atoms with E-state index in [1.807, 2.05) is 0 Å². The number of carbonyl (C=O) groups excluding carboxylic acids is 1. The van der Waals surface area contributed by atoms with E-state index in [-0.39, 0.29) is 18.1 Å². The Balaban J connectivity index is 2.02. The summed E-state index contributed by atoms with van der Waals surface area (Å²) in [7, 11) is 0. The van der Waals surface area contributed by atoms with E-state index in [2.05, 4.69) is 0 Å². The molecular weight excluding hydrogens is 292 g/mol. The standard InChI is InChI=1S/C14H14F4O3/c15-12-2-1-10(7-11(12)14(16,17)18)13(19)21-8-9-3-5-20-6-4-9/h1-2,7,9H,3-6,8H2. The fourth-order valence-electron chi connectivity index (χ4n) is 2.06. The second-order valence-corrected chi connectivity index (χ2v) is 4.85. The zero-order valence-electron chi connectivity index (χ0n) is 11.1. The summed E-state index contributed by atoms with van der Waals surface area (Å²) < 4.78 is 60.9. The minimum Gasteiger partial charge on any atom is -0.462 e. The third-order valence-corrected chi connectivity index (χ3v) is 3.30. The molecule has 1 aromatic rings. The highest BCUT2D eigenvalue weighted by Gasteiger charge is 2.34. The van der Waals surface area contributed by atoms with Crippen LogP contribution in [0.1, 0.15) is 28.8 Å². The molecule has 0 radical (unpaired) electrons. The summed E-state index contributed by atoms with van der Waals surface area (Å²) in [6, 6.07) is 2.08. The molecule has 1 fully saturated rings. The number of carbonyl (C=O) groups is 1. The van der Waals surface area contributed by atoms with Crippen LogP contribution in [0.5, 0.6) is 0 Å². The summed E-state index contributed by atoms with van der Waals surface area (Å²) in [4.78, 5) is 11.7. The highest BCUT2D eigenvalue weighted by atomic mass is 19.4. The maximum atomic E-state index is 13.1. The third-order valence-electron chi connectivity index (χ3n) is 3.30. The molecule has 1 aliphatic heterocycles. The third kappa shape index (κ3) is 4.17. The highest BCUT2D eigenvalue weighted by molar-refractivity contribution is 5.89. The molecule has 1 saturated heterocycles. The van der Waals surface area contributed by atoms with E-state index >= 15 is 0 Å². The lowest BCUT2D eigenvalue weighted by molar-refractivity contribution is -0.140. The molecule has 0 unspecified atom stereocenters. The van der Waals surface area contributed by atoms with Crippen molar-refractivity contribution < 1.29 is 31.8 Å². The molecule has 0 N–H and O–H groups in total. The molecule has 3 nitrogen and oxygen atoms in total. The van der Waals surface area contributed by atoms with Crippen LogP contribution in [0.25, 0.3) is 0 Å². The lowest BCUT2D eigenvalue weighted by Gasteiger charge is -2.21. The summed E-state index contributed by atoms with van der Waals surface area (Å²) in [6.45, 7) is 1.29. The Morgan fingerprint density at radius 3 is 2.57 bits per heavy atom. The van der Waals surface area contributed by atoms with Crippen LogP contribution in [-0.2, 0) is 15.7 Å². The number of alkyl halides is 3. The minimum atomic E-state index is -4.85. The molecule has 116 valence electrons. The van der Waals surface area contributed by atoms with Gasteiger partial charge in [-0.1, -0.05) is 0 Å². The second-order valence-electron chi connectivity index (χ2n) is 4.85. The van der Waals surface area contributed by atoms with Crippen molar-refractivity contribution in [3.05, 3.63) is 35.1 Å². The summed E-state index contributed by atoms with van der Waals surface area (Å²) in [5.74, 6) is -2.15. The number of rotatable bonds is 3. The van der Waals surface area contributed by atoms with Gasteiger partial charge in [0.25, 0.3) is 0 Å². The van der Waals surface area contributed by atoms with Crippen LogP contribution in [0, 0.1) is 11.7 Å². The van der Waals surface area contributed by atoms with Crippen LogP contribution in [0.2, 0.25) is 0 Å². The van der Waals surface area contributed by atoms with Gasteiger partial charge in [-0.15, -0.1) is 0 Å². The largest absolute Gasteiger partial charge is 0.462 e. The van der Waals surface area contributed by atoms with Crippen molar-refractivity contribution in [1.29, 1.82) is 0 Å². The van der Waals surface area contributed by atoms with E-state index in [0.717, 1.165) is 18.9 Å². The molecule has 7 heteroatoms. The number of esters is 1. The number of hydrogen-bond donors (Lipinski definition) is 0. The molecule has 0 aliphatic carbocycles. The van der Waals surface area contributed by atoms with Crippen molar-refractivity contribution in [3.8, 4) is 0 Å². The first kappa shape index (κ1) is 15.8. The monoisotopic (exact) mass is 306 g/mol. The number of ether oxygens (including phenoxy) is 2. The van der Waals surface area contributed by atoms with Gasteiger partial charge in [-0.3, -0.25) is 0 Å². The lowest BCUT2D eigenvalue weighted by Crippen LogP contribution is -2.22. The molecule has 2 rings (SSSR count). The van der Waals surface area contributed by atoms with Gasteiger partial charge in [0, 0.05) is 13.2 Å². The smallest absolute Gasteiger partial charge is 0.419 e. The Bertz CT molecular complexity index is 507. The van der Waals surface area contributed by atoms with E-state index in [1.54, 1.807) is 0 Å². The molecule has 0 spiro atoms. The molecule has 0 aromatic heterocycles. The predicted octanol–water partition coefficient (Wildman–Crippen LogP) is 3.43. The Morgan fingerprint density at radius 2 is 1.95 bits per heavy atom. The Morgan fingerprint density at radius 1 is 1.29 bits per heavy atom. The number of benzene rings is 1. The van der Waals surface area contributed by atoms with Gasteiger partial charge in [0.05, 0.1) is 17.7 Å². The molecular formula is C14H14F4O3. The Labute approximate surface area is 118 Å². The van der Waals surface area contributed by atoms with Crippen LogP contribution in [0.4, 0.5) is 17.6 Å². The van der Waals surface area contributed by atoms with Crippen LogP contribution >= 0.6 is 0 Å². The van der Waals surface area contributed by atoms with Crippen molar-refractivity contribution in [2.45, 2.75) is 19.0 Å². The van der Waals surface area contributed by atoms with Crippen LogP contribution in [0.3, 0.4) is 0 Å². The van der Waals surface area contributed by atoms with E-state index in [1.165, 1.54) is 0 Å². The zero-order valence-corrected chi connectivity index (χ0v) is 11.1. The predicted molar refractivity (Wildman–Crippen MR) is 65.2 cm³/mol. The van der Waals surface area contributed by atoms with Crippen molar-refractivity contribution in [3.63, 3.8) is 0 Å². The molecule has 1 aliphatic rings. The molecule has 0 bridgehead atoms. The minimum absolute atomic E-state index is 0.126. The average Bonchev–Trinajstić information content (AvgIpc) is 2.45. The normalized spacial score (nSPS) is 16.8. The average molecular weight is 306 g/mol. The van der Waals surface area contributed by atoms with Gasteiger partial charge in [0.1, 0.15) is 5.82 Å². The van der Waals surface area contributed by atoms with Gasteiger partial charge >= 0.3 is 12.1 Å². The Kier molecular flexibility index (Phi) is 4.82. The fraction of sp³-hybridized carbons (Fsp3) is 0.500. The molecule has 0 saturated carbocycles. The quantitative estimate of drug-likeness (QED) is 0.634. The molecule has 0 atom stereocenters. The summed E-state index contributed by atoms with van der Waals surface area (Å²) in [5, 5.41) is 0. The van der Waals surface area contributed by atoms with Gasteiger partial charge in [0.15, 0.2) is 0 Å². The summed E-state index contributed by atoms with van der Waals surface area (Å²) in [5.41, 5.74) is -1.78. The Hall–Kier alpha value is -1.63. The van der Waals surface area contributed by atoms with Gasteiger partial charge in [-0.2, -0.15) is 13.2 Å². The molecule has 0 amide bonds. The zero-order chi connectivity index (χ0) is 15.5. The summed E-state index contributed by atoms with van der Waals surface area (Å²) >= 11 is 0. The fourth-order valence-corrected chi connectivity index (χ4v) is 2.06. The first-order valence-corrected chi connectivity index (χ1v) is 6.49. The van der Waals surface area contributed by atoms with Crippen LogP contribution < -0.4 is 0 Å². The van der Waals surface area contributed by atoms with E-state index in [4.69, 9.17) is 9.47 Å². The first-order chi connectivity index (χ1) is 9.88. The number of halogens is 4. The van der Waals surface area contributed by atoms with Crippen molar-refractivity contribution >= 4 is 5.97 Å². The topological polar surface area (TPSA) is 35.5 Å². The van der Waals surface area contributed by atoms with Gasteiger partial charge in [0.2, 0.25) is 0 Å². The van der Waals surface area contributed by atoms with Crippen molar-refractivity contribution in [1.82, 2.24) is 0 Å². The SMILES string of the molecule is O=C(OCC1CCOCC1)c1ccc(F)c(C(F)(F)F)c1. The second kappa shape index (κ2) is 6.43. The van der Waals surface area contributed by atoms with E-state index in [9.17, 15) is 22.4 Å². The summed E-state index contributed by atoms with van der Waals surface area (Å²) in [6.07, 6.45) is -3.37. The molecule has 21 heavy (non-hydrogen) atoms. The van der Waals surface area contributed by atoms with Crippen LogP contribution in [-0.4, -0.2) is 25.8 Å². The van der Waals surface area contributed by atoms with Gasteiger partial charge in [-0.05, 0) is 37.0 Å². The highest BCUT2D eigenvalue weighted by Crippen LogP contribution is 2.32. The molecule has 1 heterocycles.